The lowest BCUT2D eigenvalue weighted by Crippen LogP contribution is -1.94. The SMILES string of the molecule is FOC(=S)c1ccccc1. The van der Waals surface area contributed by atoms with Gasteiger partial charge in [-0.2, -0.15) is 0 Å². The molecule has 0 atom stereocenters. The zero-order chi connectivity index (χ0) is 7.40. The summed E-state index contributed by atoms with van der Waals surface area (Å²) in [5.74, 6) is 0. The largest absolute Gasteiger partial charge is 0.282 e. The van der Waals surface area contributed by atoms with Crippen LogP contribution in [0.25, 0.3) is 0 Å². The van der Waals surface area contributed by atoms with Gasteiger partial charge < -0.3 is 0 Å². The number of thiocarbonyl (C=S) groups is 1. The second-order valence-corrected chi connectivity index (χ2v) is 2.10. The van der Waals surface area contributed by atoms with E-state index in [-0.39, 0.29) is 5.05 Å². The van der Waals surface area contributed by atoms with Crippen molar-refractivity contribution in [2.75, 3.05) is 0 Å². The summed E-state index contributed by atoms with van der Waals surface area (Å²) in [5, 5.41) is -0.124. The van der Waals surface area contributed by atoms with Crippen LogP contribution in [-0.4, -0.2) is 5.05 Å². The Labute approximate surface area is 63.3 Å². The van der Waals surface area contributed by atoms with E-state index in [1.165, 1.54) is 0 Å². The van der Waals surface area contributed by atoms with Crippen LogP contribution in [0.5, 0.6) is 0 Å². The molecule has 0 saturated carbocycles. The summed E-state index contributed by atoms with van der Waals surface area (Å²) >= 11 is 4.52. The second kappa shape index (κ2) is 3.27. The maximum absolute atomic E-state index is 11.4. The molecular weight excluding hydrogens is 151 g/mol. The fraction of sp³-hybridized carbons (Fsp3) is 0. The summed E-state index contributed by atoms with van der Waals surface area (Å²) in [4.78, 5) is 3.37. The van der Waals surface area contributed by atoms with Crippen molar-refractivity contribution in [2.45, 2.75) is 0 Å². The molecular formula is C7H5FOS. The lowest BCUT2D eigenvalue weighted by atomic mass is 10.2. The van der Waals surface area contributed by atoms with Gasteiger partial charge in [0.25, 0.3) is 0 Å². The van der Waals surface area contributed by atoms with Gasteiger partial charge in [0.1, 0.15) is 0 Å². The molecule has 0 aliphatic heterocycles. The summed E-state index contributed by atoms with van der Waals surface area (Å²) in [6, 6.07) is 8.72. The quantitative estimate of drug-likeness (QED) is 0.577. The first-order chi connectivity index (χ1) is 4.84. The van der Waals surface area contributed by atoms with E-state index < -0.39 is 0 Å². The van der Waals surface area contributed by atoms with Crippen LogP contribution in [0.15, 0.2) is 30.3 Å². The number of hydrogen-bond acceptors (Lipinski definition) is 2. The van der Waals surface area contributed by atoms with Crippen LogP contribution in [-0.2, 0) is 4.94 Å². The molecule has 0 N–H and O–H groups in total. The predicted octanol–water partition coefficient (Wildman–Crippen LogP) is 2.26. The van der Waals surface area contributed by atoms with E-state index in [1.807, 2.05) is 6.07 Å². The molecule has 1 nitrogen and oxygen atoms in total. The molecule has 0 unspecified atom stereocenters. The topological polar surface area (TPSA) is 9.23 Å². The Hall–Kier alpha value is -0.960. The monoisotopic (exact) mass is 156 g/mol. The number of hydrogen-bond donors (Lipinski definition) is 0. The summed E-state index contributed by atoms with van der Waals surface area (Å²) in [7, 11) is 0. The highest BCUT2D eigenvalue weighted by molar-refractivity contribution is 7.80. The molecule has 3 heteroatoms. The number of halogens is 1. The highest BCUT2D eigenvalue weighted by atomic mass is 32.1. The first kappa shape index (κ1) is 7.15. The Morgan fingerprint density at radius 2 is 1.90 bits per heavy atom. The Kier molecular flexibility index (Phi) is 2.34. The van der Waals surface area contributed by atoms with Crippen molar-refractivity contribution in [3.8, 4) is 0 Å². The molecule has 0 aliphatic carbocycles. The van der Waals surface area contributed by atoms with Crippen LogP contribution in [0, 0.1) is 0 Å². The average molecular weight is 156 g/mol. The Balaban J connectivity index is 2.85. The maximum Gasteiger partial charge on any atom is 0.242 e. The van der Waals surface area contributed by atoms with Crippen LogP contribution < -0.4 is 0 Å². The molecule has 0 radical (unpaired) electrons. The van der Waals surface area contributed by atoms with Gasteiger partial charge in [-0.05, 0) is 12.2 Å². The van der Waals surface area contributed by atoms with E-state index in [0.717, 1.165) is 0 Å². The standard InChI is InChI=1S/C7H5FOS/c8-9-7(10)6-4-2-1-3-5-6/h1-5H. The van der Waals surface area contributed by atoms with Crippen molar-refractivity contribution >= 4 is 17.3 Å². The molecule has 0 heterocycles. The number of rotatable bonds is 1. The maximum atomic E-state index is 11.4. The molecule has 0 spiro atoms. The molecule has 0 amide bonds. The summed E-state index contributed by atoms with van der Waals surface area (Å²) < 4.78 is 11.4. The van der Waals surface area contributed by atoms with Gasteiger partial charge in [0, 0.05) is 10.1 Å². The van der Waals surface area contributed by atoms with Gasteiger partial charge in [-0.15, -0.1) is 0 Å². The van der Waals surface area contributed by atoms with Crippen LogP contribution in [0.2, 0.25) is 0 Å². The van der Waals surface area contributed by atoms with E-state index in [2.05, 4.69) is 17.2 Å². The van der Waals surface area contributed by atoms with E-state index >= 15 is 0 Å². The Morgan fingerprint density at radius 1 is 1.30 bits per heavy atom. The first-order valence-corrected chi connectivity index (χ1v) is 3.13. The third-order valence-corrected chi connectivity index (χ3v) is 1.38. The Morgan fingerprint density at radius 3 is 2.40 bits per heavy atom. The van der Waals surface area contributed by atoms with Gasteiger partial charge in [0.15, 0.2) is 0 Å². The van der Waals surface area contributed by atoms with Crippen LogP contribution in [0.4, 0.5) is 4.53 Å². The minimum absolute atomic E-state index is 0.124. The van der Waals surface area contributed by atoms with Crippen molar-refractivity contribution in [3.63, 3.8) is 0 Å². The van der Waals surface area contributed by atoms with Crippen LogP contribution in [0.3, 0.4) is 0 Å². The lowest BCUT2D eigenvalue weighted by molar-refractivity contribution is -0.0182. The van der Waals surface area contributed by atoms with E-state index in [4.69, 9.17) is 0 Å². The van der Waals surface area contributed by atoms with Crippen LogP contribution in [0.1, 0.15) is 5.56 Å². The molecule has 0 aromatic heterocycles. The van der Waals surface area contributed by atoms with Gasteiger partial charge in [0.2, 0.25) is 5.05 Å². The molecule has 0 bridgehead atoms. The summed E-state index contributed by atoms with van der Waals surface area (Å²) in [6.07, 6.45) is 0. The first-order valence-electron chi connectivity index (χ1n) is 2.72. The summed E-state index contributed by atoms with van der Waals surface area (Å²) in [6.45, 7) is 0. The molecule has 0 fully saturated rings. The van der Waals surface area contributed by atoms with Gasteiger partial charge in [-0.25, -0.2) is 0 Å². The number of benzene rings is 1. The van der Waals surface area contributed by atoms with Gasteiger partial charge in [-0.3, -0.25) is 4.94 Å². The van der Waals surface area contributed by atoms with Gasteiger partial charge in [0.05, 0.1) is 0 Å². The highest BCUT2D eigenvalue weighted by Crippen LogP contribution is 2.01. The molecule has 1 aromatic carbocycles. The van der Waals surface area contributed by atoms with Crippen LogP contribution >= 0.6 is 12.2 Å². The predicted molar refractivity (Wildman–Crippen MR) is 40.3 cm³/mol. The molecule has 1 rings (SSSR count). The fourth-order valence-electron chi connectivity index (χ4n) is 0.619. The molecule has 52 valence electrons. The minimum atomic E-state index is -0.124. The third-order valence-electron chi connectivity index (χ3n) is 1.08. The van der Waals surface area contributed by atoms with E-state index in [9.17, 15) is 4.53 Å². The van der Waals surface area contributed by atoms with Crippen molar-refractivity contribution in [2.24, 2.45) is 0 Å². The van der Waals surface area contributed by atoms with Gasteiger partial charge >= 0.3 is 0 Å². The summed E-state index contributed by atoms with van der Waals surface area (Å²) in [5.41, 5.74) is 0.583. The van der Waals surface area contributed by atoms with Crippen molar-refractivity contribution in [3.05, 3.63) is 35.9 Å². The van der Waals surface area contributed by atoms with E-state index in [0.29, 0.717) is 5.56 Å². The Bertz CT molecular complexity index is 222. The van der Waals surface area contributed by atoms with Crippen molar-refractivity contribution < 1.29 is 9.47 Å². The molecule has 10 heavy (non-hydrogen) atoms. The average Bonchev–Trinajstić information content (AvgIpc) is 2.05. The van der Waals surface area contributed by atoms with E-state index in [1.54, 1.807) is 24.3 Å². The minimum Gasteiger partial charge on any atom is -0.282 e. The smallest absolute Gasteiger partial charge is 0.242 e. The highest BCUT2D eigenvalue weighted by Gasteiger charge is 1.98. The third kappa shape index (κ3) is 1.51. The fourth-order valence-corrected chi connectivity index (χ4v) is 0.755. The molecule has 0 saturated heterocycles. The molecule has 0 aliphatic rings. The van der Waals surface area contributed by atoms with Gasteiger partial charge in [-0.1, -0.05) is 30.3 Å². The molecule has 1 aromatic rings. The van der Waals surface area contributed by atoms with Crippen molar-refractivity contribution in [1.82, 2.24) is 0 Å². The lowest BCUT2D eigenvalue weighted by Gasteiger charge is -1.94. The normalized spacial score (nSPS) is 8.90. The second-order valence-electron chi connectivity index (χ2n) is 1.73. The zero-order valence-corrected chi connectivity index (χ0v) is 5.90. The van der Waals surface area contributed by atoms with Crippen molar-refractivity contribution in [1.29, 1.82) is 0 Å². The zero-order valence-electron chi connectivity index (χ0n) is 5.08.